The topological polar surface area (TPSA) is 47.6 Å². The van der Waals surface area contributed by atoms with E-state index in [0.717, 1.165) is 11.1 Å². The van der Waals surface area contributed by atoms with Crippen molar-refractivity contribution < 1.29 is 18.7 Å². The number of amides is 1. The van der Waals surface area contributed by atoms with Crippen LogP contribution in [0.4, 0.5) is 4.39 Å². The van der Waals surface area contributed by atoms with Crippen LogP contribution in [0.2, 0.25) is 0 Å². The molecule has 0 saturated heterocycles. The summed E-state index contributed by atoms with van der Waals surface area (Å²) in [4.78, 5) is 12.2. The van der Waals surface area contributed by atoms with Crippen LogP contribution in [-0.4, -0.2) is 20.1 Å². The number of benzene rings is 2. The van der Waals surface area contributed by atoms with E-state index in [1.807, 2.05) is 13.0 Å². The second-order valence-electron chi connectivity index (χ2n) is 5.21. The minimum Gasteiger partial charge on any atom is -0.493 e. The van der Waals surface area contributed by atoms with Gasteiger partial charge in [0.05, 0.1) is 26.7 Å². The zero-order valence-electron chi connectivity index (χ0n) is 13.4. The van der Waals surface area contributed by atoms with E-state index >= 15 is 0 Å². The van der Waals surface area contributed by atoms with Crippen LogP contribution in [0.5, 0.6) is 11.5 Å². The minimum absolute atomic E-state index is 0.117. The number of halogens is 1. The number of hydrogen-bond acceptors (Lipinski definition) is 3. The fraction of sp³-hybridized carbons (Fsp3) is 0.278. The smallest absolute Gasteiger partial charge is 0.224 e. The second-order valence-corrected chi connectivity index (χ2v) is 5.21. The lowest BCUT2D eigenvalue weighted by Gasteiger charge is -2.15. The number of rotatable bonds is 6. The van der Waals surface area contributed by atoms with E-state index in [4.69, 9.17) is 9.47 Å². The Balaban J connectivity index is 2.00. The van der Waals surface area contributed by atoms with Crippen LogP contribution < -0.4 is 14.8 Å². The van der Waals surface area contributed by atoms with Crippen molar-refractivity contribution in [2.75, 3.05) is 14.2 Å². The van der Waals surface area contributed by atoms with E-state index in [-0.39, 0.29) is 24.2 Å². The maximum Gasteiger partial charge on any atom is 0.224 e. The first-order chi connectivity index (χ1) is 11.0. The van der Waals surface area contributed by atoms with Crippen LogP contribution >= 0.6 is 0 Å². The van der Waals surface area contributed by atoms with Crippen LogP contribution in [-0.2, 0) is 11.2 Å². The van der Waals surface area contributed by atoms with E-state index in [0.29, 0.717) is 11.5 Å². The highest BCUT2D eigenvalue weighted by Gasteiger charge is 2.12. The fourth-order valence-corrected chi connectivity index (χ4v) is 2.30. The standard InChI is InChI=1S/C18H20FNO3/c1-12(14-5-7-15(19)8-6-14)20-18(21)11-13-4-9-16(22-2)17(10-13)23-3/h4-10,12H,11H2,1-3H3,(H,20,21)/t12-/m0/s1. The maximum absolute atomic E-state index is 12.9. The second kappa shape index (κ2) is 7.63. The van der Waals surface area contributed by atoms with E-state index in [1.165, 1.54) is 12.1 Å². The SMILES string of the molecule is COc1ccc(CC(=O)N[C@@H](C)c2ccc(F)cc2)cc1OC. The molecule has 0 heterocycles. The van der Waals surface area contributed by atoms with Gasteiger partial charge >= 0.3 is 0 Å². The molecule has 0 spiro atoms. The van der Waals surface area contributed by atoms with Gasteiger partial charge in [0.2, 0.25) is 5.91 Å². The molecule has 2 aromatic carbocycles. The molecule has 1 amide bonds. The Kier molecular flexibility index (Phi) is 5.57. The summed E-state index contributed by atoms with van der Waals surface area (Å²) in [6, 6.07) is 11.3. The van der Waals surface area contributed by atoms with Gasteiger partial charge < -0.3 is 14.8 Å². The molecule has 1 N–H and O–H groups in total. The lowest BCUT2D eigenvalue weighted by Crippen LogP contribution is -2.28. The third-order valence-electron chi connectivity index (χ3n) is 3.56. The molecule has 0 aliphatic rings. The van der Waals surface area contributed by atoms with Gasteiger partial charge in [-0.25, -0.2) is 4.39 Å². The molecule has 0 bridgehead atoms. The summed E-state index contributed by atoms with van der Waals surface area (Å²) in [5.74, 6) is 0.798. The molecular weight excluding hydrogens is 297 g/mol. The summed E-state index contributed by atoms with van der Waals surface area (Å²) in [5.41, 5.74) is 1.68. The molecule has 122 valence electrons. The Labute approximate surface area is 135 Å². The molecule has 23 heavy (non-hydrogen) atoms. The van der Waals surface area contributed by atoms with Crippen molar-refractivity contribution >= 4 is 5.91 Å². The highest BCUT2D eigenvalue weighted by atomic mass is 19.1. The highest BCUT2D eigenvalue weighted by Crippen LogP contribution is 2.27. The van der Waals surface area contributed by atoms with Crippen LogP contribution in [0.1, 0.15) is 24.1 Å². The molecular formula is C18H20FNO3. The van der Waals surface area contributed by atoms with Gasteiger partial charge in [-0.05, 0) is 42.3 Å². The van der Waals surface area contributed by atoms with E-state index in [1.54, 1.807) is 38.5 Å². The number of nitrogens with one attached hydrogen (secondary N) is 1. The largest absolute Gasteiger partial charge is 0.493 e. The predicted molar refractivity (Wildman–Crippen MR) is 86.2 cm³/mol. The zero-order valence-corrected chi connectivity index (χ0v) is 13.4. The number of carbonyl (C=O) groups is 1. The summed E-state index contributed by atoms with van der Waals surface area (Å²) in [5, 5.41) is 2.90. The van der Waals surface area contributed by atoms with Crippen molar-refractivity contribution in [1.82, 2.24) is 5.32 Å². The van der Waals surface area contributed by atoms with E-state index in [2.05, 4.69) is 5.32 Å². The summed E-state index contributed by atoms with van der Waals surface area (Å²) < 4.78 is 23.3. The Bertz CT molecular complexity index is 670. The van der Waals surface area contributed by atoms with Gasteiger partial charge in [-0.15, -0.1) is 0 Å². The molecule has 0 fully saturated rings. The van der Waals surface area contributed by atoms with Crippen LogP contribution in [0.3, 0.4) is 0 Å². The first-order valence-corrected chi connectivity index (χ1v) is 7.29. The van der Waals surface area contributed by atoms with Crippen molar-refractivity contribution in [2.45, 2.75) is 19.4 Å². The summed E-state index contributed by atoms with van der Waals surface area (Å²) in [6.45, 7) is 1.86. The van der Waals surface area contributed by atoms with Crippen LogP contribution in [0.15, 0.2) is 42.5 Å². The average molecular weight is 317 g/mol. The van der Waals surface area contributed by atoms with Crippen molar-refractivity contribution in [1.29, 1.82) is 0 Å². The highest BCUT2D eigenvalue weighted by molar-refractivity contribution is 5.79. The first kappa shape index (κ1) is 16.8. The molecule has 5 heteroatoms. The normalized spacial score (nSPS) is 11.7. The Morgan fingerprint density at radius 2 is 1.74 bits per heavy atom. The van der Waals surface area contributed by atoms with Crippen LogP contribution in [0.25, 0.3) is 0 Å². The van der Waals surface area contributed by atoms with Gasteiger partial charge in [-0.2, -0.15) is 0 Å². The number of ether oxygens (including phenoxy) is 2. The van der Waals surface area contributed by atoms with E-state index in [9.17, 15) is 9.18 Å². The molecule has 2 rings (SSSR count). The van der Waals surface area contributed by atoms with Gasteiger partial charge in [0.15, 0.2) is 11.5 Å². The van der Waals surface area contributed by atoms with Gasteiger partial charge in [-0.1, -0.05) is 18.2 Å². The molecule has 0 unspecified atom stereocenters. The van der Waals surface area contributed by atoms with Gasteiger partial charge in [0.1, 0.15) is 5.82 Å². The van der Waals surface area contributed by atoms with Crippen molar-refractivity contribution in [3.8, 4) is 11.5 Å². The number of methoxy groups -OCH3 is 2. The van der Waals surface area contributed by atoms with Gasteiger partial charge in [0, 0.05) is 0 Å². The molecule has 0 aromatic heterocycles. The van der Waals surface area contributed by atoms with Crippen LogP contribution in [0, 0.1) is 5.82 Å². The lowest BCUT2D eigenvalue weighted by atomic mass is 10.1. The Morgan fingerprint density at radius 1 is 1.09 bits per heavy atom. The summed E-state index contributed by atoms with van der Waals surface area (Å²) in [6.07, 6.45) is 0.228. The molecule has 0 aliphatic heterocycles. The maximum atomic E-state index is 12.9. The van der Waals surface area contributed by atoms with Crippen molar-refractivity contribution in [3.63, 3.8) is 0 Å². The fourth-order valence-electron chi connectivity index (χ4n) is 2.30. The summed E-state index contributed by atoms with van der Waals surface area (Å²) in [7, 11) is 3.12. The Morgan fingerprint density at radius 3 is 2.35 bits per heavy atom. The molecule has 0 aliphatic carbocycles. The van der Waals surface area contributed by atoms with Crippen molar-refractivity contribution in [3.05, 3.63) is 59.4 Å². The third-order valence-corrected chi connectivity index (χ3v) is 3.56. The zero-order chi connectivity index (χ0) is 16.8. The van der Waals surface area contributed by atoms with Gasteiger partial charge in [0.25, 0.3) is 0 Å². The number of carbonyl (C=O) groups excluding carboxylic acids is 1. The monoisotopic (exact) mass is 317 g/mol. The van der Waals surface area contributed by atoms with Crippen molar-refractivity contribution in [2.24, 2.45) is 0 Å². The first-order valence-electron chi connectivity index (χ1n) is 7.29. The lowest BCUT2D eigenvalue weighted by molar-refractivity contribution is -0.121. The molecule has 0 saturated carbocycles. The van der Waals surface area contributed by atoms with Gasteiger partial charge in [-0.3, -0.25) is 4.79 Å². The number of hydrogen-bond donors (Lipinski definition) is 1. The predicted octanol–water partition coefficient (Wildman–Crippen LogP) is 3.26. The quantitative estimate of drug-likeness (QED) is 0.889. The molecule has 4 nitrogen and oxygen atoms in total. The third kappa shape index (κ3) is 4.45. The Hall–Kier alpha value is -2.56. The molecule has 0 radical (unpaired) electrons. The molecule has 1 atom stereocenters. The average Bonchev–Trinajstić information content (AvgIpc) is 2.55. The molecule has 2 aromatic rings. The van der Waals surface area contributed by atoms with E-state index < -0.39 is 0 Å². The summed E-state index contributed by atoms with van der Waals surface area (Å²) >= 11 is 0. The minimum atomic E-state index is -0.294.